The smallest absolute Gasteiger partial charge is 0.221 e. The zero-order valence-electron chi connectivity index (χ0n) is 13.2. The fourth-order valence-electron chi connectivity index (χ4n) is 2.23. The van der Waals surface area contributed by atoms with Crippen molar-refractivity contribution in [3.05, 3.63) is 16.3 Å². The molecule has 0 fully saturated rings. The van der Waals surface area contributed by atoms with E-state index >= 15 is 0 Å². The Morgan fingerprint density at radius 2 is 2.10 bits per heavy atom. The van der Waals surface area contributed by atoms with Crippen LogP contribution in [0.1, 0.15) is 58.3 Å². The van der Waals surface area contributed by atoms with Crippen molar-refractivity contribution >= 4 is 22.9 Å². The predicted octanol–water partition coefficient (Wildman–Crippen LogP) is 4.40. The number of nitrogens with one attached hydrogen (secondary N) is 2. The average molecular weight is 296 g/mol. The number of amides is 1. The maximum Gasteiger partial charge on any atom is 0.221 e. The molecule has 0 radical (unpaired) electrons. The molecule has 0 aliphatic heterocycles. The van der Waals surface area contributed by atoms with Gasteiger partial charge in [0.2, 0.25) is 5.91 Å². The van der Waals surface area contributed by atoms with Gasteiger partial charge >= 0.3 is 0 Å². The Morgan fingerprint density at radius 1 is 1.35 bits per heavy atom. The molecule has 0 aliphatic rings. The largest absolute Gasteiger partial charge is 0.325 e. The highest BCUT2D eigenvalue weighted by Gasteiger charge is 2.17. The second-order valence-electron chi connectivity index (χ2n) is 6.16. The third kappa shape index (κ3) is 6.53. The standard InChI is InChI=1S/C16H28N2OS/c1-5-6-7-9-16(3,4)12-17-11-15-14(8-10-20-15)18-13(2)19/h8,10,17H,5-7,9,11-12H2,1-4H3,(H,18,19). The molecule has 0 atom stereocenters. The van der Waals surface area contributed by atoms with E-state index in [1.54, 1.807) is 18.3 Å². The van der Waals surface area contributed by atoms with Crippen molar-refractivity contribution in [3.63, 3.8) is 0 Å². The summed E-state index contributed by atoms with van der Waals surface area (Å²) in [7, 11) is 0. The quantitative estimate of drug-likeness (QED) is 0.663. The Labute approximate surface area is 127 Å². The molecule has 1 aromatic heterocycles. The SMILES string of the molecule is CCCCCC(C)(C)CNCc1sccc1NC(C)=O. The maximum atomic E-state index is 11.1. The highest BCUT2D eigenvalue weighted by Crippen LogP contribution is 2.25. The molecule has 4 heteroatoms. The molecule has 0 unspecified atom stereocenters. The molecular formula is C16H28N2OS. The highest BCUT2D eigenvalue weighted by molar-refractivity contribution is 7.10. The van der Waals surface area contributed by atoms with Crippen LogP contribution in [0.25, 0.3) is 0 Å². The summed E-state index contributed by atoms with van der Waals surface area (Å²) < 4.78 is 0. The number of anilines is 1. The lowest BCUT2D eigenvalue weighted by molar-refractivity contribution is -0.114. The molecule has 0 bridgehead atoms. The minimum atomic E-state index is -0.00968. The van der Waals surface area contributed by atoms with Crippen LogP contribution in [-0.4, -0.2) is 12.5 Å². The number of rotatable bonds is 9. The summed E-state index contributed by atoms with van der Waals surface area (Å²) in [6.07, 6.45) is 5.16. The minimum Gasteiger partial charge on any atom is -0.325 e. The van der Waals surface area contributed by atoms with Crippen LogP contribution < -0.4 is 10.6 Å². The van der Waals surface area contributed by atoms with Crippen molar-refractivity contribution < 1.29 is 4.79 Å². The summed E-state index contributed by atoms with van der Waals surface area (Å²) >= 11 is 1.69. The molecule has 114 valence electrons. The maximum absolute atomic E-state index is 11.1. The van der Waals surface area contributed by atoms with E-state index in [9.17, 15) is 4.79 Å². The van der Waals surface area contributed by atoms with Gasteiger partial charge < -0.3 is 10.6 Å². The average Bonchev–Trinajstić information content (AvgIpc) is 2.76. The van der Waals surface area contributed by atoms with Crippen molar-refractivity contribution in [1.29, 1.82) is 0 Å². The van der Waals surface area contributed by atoms with Crippen molar-refractivity contribution in [1.82, 2.24) is 5.32 Å². The monoisotopic (exact) mass is 296 g/mol. The van der Waals surface area contributed by atoms with E-state index in [1.807, 2.05) is 11.4 Å². The number of unbranched alkanes of at least 4 members (excludes halogenated alkanes) is 2. The number of hydrogen-bond donors (Lipinski definition) is 2. The van der Waals surface area contributed by atoms with E-state index in [4.69, 9.17) is 0 Å². The van der Waals surface area contributed by atoms with Crippen LogP contribution in [0.4, 0.5) is 5.69 Å². The Balaban J connectivity index is 2.36. The first-order valence-electron chi connectivity index (χ1n) is 7.49. The van der Waals surface area contributed by atoms with Gasteiger partial charge in [0, 0.05) is 24.9 Å². The van der Waals surface area contributed by atoms with Crippen molar-refractivity contribution in [2.24, 2.45) is 5.41 Å². The van der Waals surface area contributed by atoms with Crippen molar-refractivity contribution in [2.45, 2.75) is 59.9 Å². The van der Waals surface area contributed by atoms with Gasteiger partial charge in [-0.05, 0) is 23.3 Å². The topological polar surface area (TPSA) is 41.1 Å². The number of hydrogen-bond acceptors (Lipinski definition) is 3. The lowest BCUT2D eigenvalue weighted by Crippen LogP contribution is -2.29. The van der Waals surface area contributed by atoms with Gasteiger partial charge in [-0.2, -0.15) is 0 Å². The van der Waals surface area contributed by atoms with Crippen LogP contribution in [0.5, 0.6) is 0 Å². The Hall–Kier alpha value is -0.870. The molecule has 1 aromatic rings. The summed E-state index contributed by atoms with van der Waals surface area (Å²) in [5.41, 5.74) is 1.28. The molecule has 1 amide bonds. The van der Waals surface area contributed by atoms with Gasteiger partial charge in [0.1, 0.15) is 0 Å². The van der Waals surface area contributed by atoms with Gasteiger partial charge in [0.15, 0.2) is 0 Å². The first-order valence-corrected chi connectivity index (χ1v) is 8.37. The van der Waals surface area contributed by atoms with Crippen LogP contribution in [0.2, 0.25) is 0 Å². The van der Waals surface area contributed by atoms with Crippen LogP contribution >= 0.6 is 11.3 Å². The van der Waals surface area contributed by atoms with Crippen LogP contribution in [-0.2, 0) is 11.3 Å². The van der Waals surface area contributed by atoms with E-state index < -0.39 is 0 Å². The van der Waals surface area contributed by atoms with E-state index in [-0.39, 0.29) is 5.91 Å². The van der Waals surface area contributed by atoms with E-state index in [1.165, 1.54) is 30.6 Å². The Bertz CT molecular complexity index is 412. The summed E-state index contributed by atoms with van der Waals surface area (Å²) in [6.45, 7) is 10.3. The number of carbonyl (C=O) groups excluding carboxylic acids is 1. The molecule has 0 spiro atoms. The molecule has 0 saturated carbocycles. The zero-order chi connectivity index (χ0) is 15.0. The molecule has 3 nitrogen and oxygen atoms in total. The number of carbonyl (C=O) groups is 1. The van der Waals surface area contributed by atoms with Gasteiger partial charge in [-0.1, -0.05) is 40.0 Å². The first-order chi connectivity index (χ1) is 9.44. The second-order valence-corrected chi connectivity index (χ2v) is 7.16. The summed E-state index contributed by atoms with van der Waals surface area (Å²) in [5.74, 6) is -0.00968. The lowest BCUT2D eigenvalue weighted by atomic mass is 9.87. The van der Waals surface area contributed by atoms with Crippen molar-refractivity contribution in [2.75, 3.05) is 11.9 Å². The molecule has 0 aliphatic carbocycles. The van der Waals surface area contributed by atoms with Gasteiger partial charge in [0.05, 0.1) is 5.69 Å². The third-order valence-electron chi connectivity index (χ3n) is 3.40. The van der Waals surface area contributed by atoms with Gasteiger partial charge in [0.25, 0.3) is 0 Å². The molecule has 0 saturated heterocycles. The summed E-state index contributed by atoms with van der Waals surface area (Å²) in [6, 6.07) is 1.97. The lowest BCUT2D eigenvalue weighted by Gasteiger charge is -2.25. The van der Waals surface area contributed by atoms with E-state index in [2.05, 4.69) is 31.4 Å². The van der Waals surface area contributed by atoms with E-state index in [0.29, 0.717) is 5.41 Å². The molecule has 1 heterocycles. The van der Waals surface area contributed by atoms with Gasteiger partial charge in [-0.15, -0.1) is 11.3 Å². The molecule has 0 aromatic carbocycles. The van der Waals surface area contributed by atoms with Gasteiger partial charge in [-0.25, -0.2) is 0 Å². The van der Waals surface area contributed by atoms with Crippen LogP contribution in [0.15, 0.2) is 11.4 Å². The van der Waals surface area contributed by atoms with Crippen LogP contribution in [0.3, 0.4) is 0 Å². The second kappa shape index (κ2) is 8.42. The zero-order valence-corrected chi connectivity index (χ0v) is 14.0. The number of thiophene rings is 1. The normalized spacial score (nSPS) is 11.6. The fraction of sp³-hybridized carbons (Fsp3) is 0.688. The predicted molar refractivity (Wildman–Crippen MR) is 88.3 cm³/mol. The molecule has 1 rings (SSSR count). The van der Waals surface area contributed by atoms with Crippen molar-refractivity contribution in [3.8, 4) is 0 Å². The molecular weight excluding hydrogens is 268 g/mol. The van der Waals surface area contributed by atoms with E-state index in [0.717, 1.165) is 18.8 Å². The Kier molecular flexibility index (Phi) is 7.24. The summed E-state index contributed by atoms with van der Waals surface area (Å²) in [4.78, 5) is 12.3. The molecule has 2 N–H and O–H groups in total. The Morgan fingerprint density at radius 3 is 2.75 bits per heavy atom. The first kappa shape index (κ1) is 17.2. The third-order valence-corrected chi connectivity index (χ3v) is 4.32. The summed E-state index contributed by atoms with van der Waals surface area (Å²) in [5, 5.41) is 8.42. The van der Waals surface area contributed by atoms with Crippen LogP contribution in [0, 0.1) is 5.41 Å². The minimum absolute atomic E-state index is 0.00968. The fourth-order valence-corrected chi connectivity index (χ4v) is 3.03. The van der Waals surface area contributed by atoms with Gasteiger partial charge in [-0.3, -0.25) is 4.79 Å². The molecule has 20 heavy (non-hydrogen) atoms. The highest BCUT2D eigenvalue weighted by atomic mass is 32.1.